The van der Waals surface area contributed by atoms with E-state index in [-0.39, 0.29) is 9.45 Å². The summed E-state index contributed by atoms with van der Waals surface area (Å²) in [7, 11) is 2.40. The number of rotatable bonds is 5. The Morgan fingerprint density at radius 2 is 1.81 bits per heavy atom. The Hall–Kier alpha value is 0.530. The van der Waals surface area contributed by atoms with Gasteiger partial charge in [0.1, 0.15) is 0 Å². The summed E-state index contributed by atoms with van der Waals surface area (Å²) in [5.41, 5.74) is 0. The van der Waals surface area contributed by atoms with Crippen molar-refractivity contribution < 1.29 is 0 Å². The molecule has 1 fully saturated rings. The molecule has 1 rings (SSSR count). The lowest BCUT2D eigenvalue weighted by Gasteiger charge is -2.35. The molecule has 0 aromatic carbocycles. The van der Waals surface area contributed by atoms with Crippen LogP contribution in [0.2, 0.25) is 0 Å². The second-order valence-electron chi connectivity index (χ2n) is 5.76. The Bertz CT molecular complexity index is 220. The highest BCUT2D eigenvalue weighted by atomic mass is 32.8. The summed E-state index contributed by atoms with van der Waals surface area (Å²) in [6.45, 7) is 4.69. The van der Waals surface area contributed by atoms with Gasteiger partial charge in [-0.15, -0.1) is 9.45 Å². The van der Waals surface area contributed by atoms with Gasteiger partial charge in [-0.2, -0.15) is 0 Å². The molecule has 0 aliphatic heterocycles. The number of nitrogens with zero attached hydrogens (tertiary/aromatic N) is 1. The highest BCUT2D eigenvalue weighted by Gasteiger charge is 2.24. The molecule has 96 valence electrons. The predicted octanol–water partition coefficient (Wildman–Crippen LogP) is 3.19. The Kier molecular flexibility index (Phi) is 6.45. The summed E-state index contributed by atoms with van der Waals surface area (Å²) < 4.78 is 0. The Morgan fingerprint density at radius 3 is 2.25 bits per heavy atom. The molecule has 1 nitrogen and oxygen atoms in total. The van der Waals surface area contributed by atoms with Gasteiger partial charge in [0.25, 0.3) is 0 Å². The minimum atomic E-state index is 0.144. The Morgan fingerprint density at radius 1 is 1.25 bits per heavy atom. The predicted molar refractivity (Wildman–Crippen MR) is 78.5 cm³/mol. The topological polar surface area (TPSA) is 3.24 Å². The van der Waals surface area contributed by atoms with Crippen LogP contribution in [0.4, 0.5) is 0 Å². The van der Waals surface area contributed by atoms with E-state index in [0.717, 1.165) is 23.8 Å². The molecule has 0 aromatic heterocycles. The lowest BCUT2D eigenvalue weighted by Crippen LogP contribution is -2.37. The van der Waals surface area contributed by atoms with Crippen LogP contribution in [0.1, 0.15) is 46.0 Å². The normalized spacial score (nSPS) is 28.6. The molecule has 3 heteroatoms. The van der Waals surface area contributed by atoms with Crippen molar-refractivity contribution in [1.82, 2.24) is 4.90 Å². The van der Waals surface area contributed by atoms with Crippen molar-refractivity contribution in [2.24, 2.45) is 11.8 Å². The largest absolute Gasteiger partial charge is 0.294 e. The van der Waals surface area contributed by atoms with E-state index in [0.29, 0.717) is 0 Å². The molecule has 0 saturated heterocycles. The average molecular weight is 262 g/mol. The summed E-state index contributed by atoms with van der Waals surface area (Å²) in [4.78, 5) is 2.50. The lowest BCUT2D eigenvalue weighted by molar-refractivity contribution is 0.175. The van der Waals surface area contributed by atoms with Gasteiger partial charge in [0.05, 0.1) is 0 Å². The van der Waals surface area contributed by atoms with E-state index in [1.165, 1.54) is 32.1 Å². The second-order valence-corrected chi connectivity index (χ2v) is 8.88. The van der Waals surface area contributed by atoms with E-state index < -0.39 is 0 Å². The van der Waals surface area contributed by atoms with Crippen molar-refractivity contribution in [2.75, 3.05) is 19.2 Å². The maximum absolute atomic E-state index is 5.29. The van der Waals surface area contributed by atoms with Crippen LogP contribution in [0, 0.1) is 11.8 Å². The lowest BCUT2D eigenvalue weighted by atomic mass is 9.81. The molecule has 1 saturated carbocycles. The Balaban J connectivity index is 2.28. The molecule has 16 heavy (non-hydrogen) atoms. The van der Waals surface area contributed by atoms with Gasteiger partial charge in [0.2, 0.25) is 0 Å². The van der Waals surface area contributed by atoms with Crippen molar-refractivity contribution in [3.63, 3.8) is 0 Å². The van der Waals surface area contributed by atoms with Crippen molar-refractivity contribution in [2.45, 2.75) is 52.0 Å². The van der Waals surface area contributed by atoms with Crippen LogP contribution >= 0.6 is 0 Å². The summed E-state index contributed by atoms with van der Waals surface area (Å²) in [6.07, 6.45) is 9.23. The van der Waals surface area contributed by atoms with Gasteiger partial charge in [-0.25, -0.2) is 0 Å². The minimum Gasteiger partial charge on any atom is -0.294 e. The molecule has 1 atom stereocenters. The van der Waals surface area contributed by atoms with Crippen molar-refractivity contribution in [3.05, 3.63) is 0 Å². The molecule has 0 radical (unpaired) electrons. The van der Waals surface area contributed by atoms with E-state index >= 15 is 0 Å². The van der Waals surface area contributed by atoms with E-state index in [2.05, 4.69) is 32.1 Å². The van der Waals surface area contributed by atoms with Crippen LogP contribution in [0.15, 0.2) is 0 Å². The van der Waals surface area contributed by atoms with Crippen LogP contribution in [0.3, 0.4) is 0 Å². The Labute approximate surface area is 109 Å². The third-order valence-electron chi connectivity index (χ3n) is 3.63. The first-order chi connectivity index (χ1) is 7.49. The van der Waals surface area contributed by atoms with E-state index in [1.54, 1.807) is 0 Å². The van der Waals surface area contributed by atoms with E-state index in [9.17, 15) is 0 Å². The molecular formula is C13H27NS2. The van der Waals surface area contributed by atoms with Gasteiger partial charge in [0, 0.05) is 11.9 Å². The fraction of sp³-hybridized carbons (Fsp3) is 1.00. The maximum atomic E-state index is 5.29. The van der Waals surface area contributed by atoms with Gasteiger partial charge in [-0.05, 0) is 57.2 Å². The quantitative estimate of drug-likeness (QED) is 0.748. The summed E-state index contributed by atoms with van der Waals surface area (Å²) in [5, 5.41) is 0. The van der Waals surface area contributed by atoms with Crippen LogP contribution < -0.4 is 0 Å². The third kappa shape index (κ3) is 5.24. The smallest absolute Gasteiger partial charge is 0.0487 e. The first-order valence-electron chi connectivity index (χ1n) is 6.49. The first kappa shape index (κ1) is 14.6. The van der Waals surface area contributed by atoms with Gasteiger partial charge < -0.3 is 0 Å². The molecule has 0 bridgehead atoms. The van der Waals surface area contributed by atoms with Crippen LogP contribution in [-0.2, 0) is 20.6 Å². The molecule has 1 unspecified atom stereocenters. The molecule has 0 spiro atoms. The van der Waals surface area contributed by atoms with Gasteiger partial charge >= 0.3 is 0 Å². The summed E-state index contributed by atoms with van der Waals surface area (Å²) in [6, 6.07) is 0.807. The van der Waals surface area contributed by atoms with Crippen LogP contribution in [0.5, 0.6) is 0 Å². The van der Waals surface area contributed by atoms with Crippen LogP contribution in [-0.4, -0.2) is 30.1 Å². The van der Waals surface area contributed by atoms with Crippen molar-refractivity contribution >= 4 is 20.6 Å². The number of hydrogen-bond acceptors (Lipinski definition) is 2. The van der Waals surface area contributed by atoms with Gasteiger partial charge in [-0.1, -0.05) is 25.0 Å². The monoisotopic (exact) mass is 261 g/mol. The highest BCUT2D eigenvalue weighted by Crippen LogP contribution is 2.31. The van der Waals surface area contributed by atoms with Gasteiger partial charge in [0.15, 0.2) is 0 Å². The van der Waals surface area contributed by atoms with Crippen LogP contribution in [0.25, 0.3) is 0 Å². The third-order valence-corrected chi connectivity index (χ3v) is 4.72. The van der Waals surface area contributed by atoms with E-state index in [4.69, 9.17) is 11.2 Å². The summed E-state index contributed by atoms with van der Waals surface area (Å²) in [5.74, 6) is 2.97. The molecular weight excluding hydrogens is 234 g/mol. The molecule has 1 aliphatic rings. The van der Waals surface area contributed by atoms with Gasteiger partial charge in [-0.3, -0.25) is 4.90 Å². The van der Waals surface area contributed by atoms with E-state index in [1.807, 2.05) is 0 Å². The SMILES string of the molecule is CC(C)CC1CCC(N(C)CS(C)=S)CC1. The van der Waals surface area contributed by atoms with Crippen molar-refractivity contribution in [1.29, 1.82) is 0 Å². The first-order valence-corrected chi connectivity index (χ1v) is 9.22. The molecule has 0 N–H and O–H groups in total. The number of hydrogen-bond donors (Lipinski definition) is 0. The van der Waals surface area contributed by atoms with Crippen molar-refractivity contribution in [3.8, 4) is 0 Å². The zero-order valence-electron chi connectivity index (χ0n) is 11.2. The summed E-state index contributed by atoms with van der Waals surface area (Å²) >= 11 is 5.29. The highest BCUT2D eigenvalue weighted by molar-refractivity contribution is 8.28. The molecule has 0 amide bonds. The fourth-order valence-corrected chi connectivity index (χ4v) is 4.16. The fourth-order valence-electron chi connectivity index (χ4n) is 2.88. The zero-order valence-corrected chi connectivity index (χ0v) is 12.9. The average Bonchev–Trinajstić information content (AvgIpc) is 2.16. The molecule has 1 aliphatic carbocycles. The molecule has 0 heterocycles. The second kappa shape index (κ2) is 7.07. The zero-order chi connectivity index (χ0) is 12.1. The minimum absolute atomic E-state index is 0.144. The maximum Gasteiger partial charge on any atom is 0.0487 e. The standard InChI is InChI=1S/C13H27NS2/c1-11(2)9-12-5-7-13(8-6-12)14(3)10-16(4)15/h11-13H,5-10H2,1-4H3. The molecule has 0 aromatic rings.